The van der Waals surface area contributed by atoms with Crippen LogP contribution in [0.1, 0.15) is 51.9 Å². The predicted octanol–water partition coefficient (Wildman–Crippen LogP) is 1.81. The van der Waals surface area contributed by atoms with Crippen molar-refractivity contribution in [3.05, 3.63) is 0 Å². The van der Waals surface area contributed by atoms with Gasteiger partial charge in [-0.1, -0.05) is 26.2 Å². The summed E-state index contributed by atoms with van der Waals surface area (Å²) in [6.45, 7) is 2.96. The number of nitrogens with one attached hydrogen (secondary N) is 1. The lowest BCUT2D eigenvalue weighted by Gasteiger charge is -2.30. The Bertz CT molecular complexity index is 188. The molecule has 3 N–H and O–H groups in total. The third-order valence-electron chi connectivity index (χ3n) is 3.44. The summed E-state index contributed by atoms with van der Waals surface area (Å²) in [4.78, 5) is 10.6. The van der Waals surface area contributed by atoms with Gasteiger partial charge in [-0.2, -0.15) is 0 Å². The Morgan fingerprint density at radius 3 is 2.60 bits per heavy atom. The molecule has 0 aliphatic heterocycles. The highest BCUT2D eigenvalue weighted by molar-refractivity contribution is 5.73. The molecule has 1 fully saturated rings. The van der Waals surface area contributed by atoms with Gasteiger partial charge in [0, 0.05) is 19.0 Å². The summed E-state index contributed by atoms with van der Waals surface area (Å²) < 4.78 is 0. The molecule has 0 radical (unpaired) electrons. The minimum absolute atomic E-state index is 0.207. The van der Waals surface area contributed by atoms with Crippen LogP contribution in [0.3, 0.4) is 0 Å². The Morgan fingerprint density at radius 1 is 1.40 bits per heavy atom. The van der Waals surface area contributed by atoms with E-state index in [1.54, 1.807) is 0 Å². The maximum atomic E-state index is 10.6. The van der Waals surface area contributed by atoms with Crippen molar-refractivity contribution >= 4 is 5.91 Å². The van der Waals surface area contributed by atoms with Gasteiger partial charge in [0.2, 0.25) is 5.91 Å². The first kappa shape index (κ1) is 12.5. The zero-order chi connectivity index (χ0) is 11.1. The van der Waals surface area contributed by atoms with Crippen molar-refractivity contribution in [2.75, 3.05) is 6.54 Å². The van der Waals surface area contributed by atoms with E-state index in [0.29, 0.717) is 12.5 Å². The van der Waals surface area contributed by atoms with Crippen molar-refractivity contribution in [1.82, 2.24) is 5.32 Å². The van der Waals surface area contributed by atoms with Gasteiger partial charge in [-0.25, -0.2) is 0 Å². The van der Waals surface area contributed by atoms with Crippen molar-refractivity contribution < 1.29 is 4.79 Å². The van der Waals surface area contributed by atoms with Gasteiger partial charge in [-0.15, -0.1) is 0 Å². The zero-order valence-corrected chi connectivity index (χ0v) is 9.80. The highest BCUT2D eigenvalue weighted by atomic mass is 16.1. The van der Waals surface area contributed by atoms with Crippen LogP contribution in [0.25, 0.3) is 0 Å². The summed E-state index contributed by atoms with van der Waals surface area (Å²) in [6, 6.07) is 0.588. The molecule has 3 nitrogen and oxygen atoms in total. The van der Waals surface area contributed by atoms with Crippen LogP contribution >= 0.6 is 0 Å². The SMILES string of the molecule is CCC(NCCC(N)=O)C1CCCCC1. The van der Waals surface area contributed by atoms with Crippen LogP contribution in [-0.2, 0) is 4.79 Å². The van der Waals surface area contributed by atoms with Gasteiger partial charge >= 0.3 is 0 Å². The average molecular weight is 212 g/mol. The third kappa shape index (κ3) is 4.65. The number of nitrogens with two attached hydrogens (primary N) is 1. The first-order valence-electron chi connectivity index (χ1n) is 6.25. The summed E-state index contributed by atoms with van der Waals surface area (Å²) >= 11 is 0. The van der Waals surface area contributed by atoms with Crippen molar-refractivity contribution in [2.24, 2.45) is 11.7 Å². The quantitative estimate of drug-likeness (QED) is 0.705. The lowest BCUT2D eigenvalue weighted by molar-refractivity contribution is -0.117. The second-order valence-electron chi connectivity index (χ2n) is 4.58. The molecule has 0 aromatic rings. The molecule has 1 unspecified atom stereocenters. The molecule has 1 amide bonds. The molecule has 0 spiro atoms. The number of primary amides is 1. The van der Waals surface area contributed by atoms with E-state index < -0.39 is 0 Å². The fraction of sp³-hybridized carbons (Fsp3) is 0.917. The molecule has 0 saturated heterocycles. The highest BCUT2D eigenvalue weighted by Gasteiger charge is 2.21. The van der Waals surface area contributed by atoms with E-state index in [-0.39, 0.29) is 5.91 Å². The topological polar surface area (TPSA) is 55.1 Å². The minimum Gasteiger partial charge on any atom is -0.370 e. The molecule has 3 heteroatoms. The largest absolute Gasteiger partial charge is 0.370 e. The van der Waals surface area contributed by atoms with Crippen molar-refractivity contribution in [2.45, 2.75) is 57.9 Å². The maximum Gasteiger partial charge on any atom is 0.218 e. The number of carbonyl (C=O) groups excluding carboxylic acids is 1. The molecule has 15 heavy (non-hydrogen) atoms. The summed E-state index contributed by atoms with van der Waals surface area (Å²) in [7, 11) is 0. The van der Waals surface area contributed by atoms with E-state index in [0.717, 1.165) is 18.9 Å². The molecule has 88 valence electrons. The predicted molar refractivity (Wildman–Crippen MR) is 62.5 cm³/mol. The fourth-order valence-electron chi connectivity index (χ4n) is 2.56. The van der Waals surface area contributed by atoms with Crippen LogP contribution < -0.4 is 11.1 Å². The Kier molecular flexibility index (Phi) is 5.69. The van der Waals surface area contributed by atoms with Gasteiger partial charge in [0.1, 0.15) is 0 Å². The van der Waals surface area contributed by atoms with Crippen molar-refractivity contribution in [3.63, 3.8) is 0 Å². The van der Waals surface area contributed by atoms with Crippen molar-refractivity contribution in [1.29, 1.82) is 0 Å². The zero-order valence-electron chi connectivity index (χ0n) is 9.80. The van der Waals surface area contributed by atoms with E-state index in [4.69, 9.17) is 5.73 Å². The minimum atomic E-state index is -0.207. The molecule has 1 atom stereocenters. The van der Waals surface area contributed by atoms with Crippen LogP contribution in [0.2, 0.25) is 0 Å². The van der Waals surface area contributed by atoms with Crippen LogP contribution in [0.15, 0.2) is 0 Å². The van der Waals surface area contributed by atoms with E-state index in [1.165, 1.54) is 32.1 Å². The molecule has 0 aromatic carbocycles. The van der Waals surface area contributed by atoms with Gasteiger partial charge in [-0.05, 0) is 25.2 Å². The van der Waals surface area contributed by atoms with Gasteiger partial charge in [0.25, 0.3) is 0 Å². The van der Waals surface area contributed by atoms with E-state index >= 15 is 0 Å². The van der Waals surface area contributed by atoms with Gasteiger partial charge in [-0.3, -0.25) is 4.79 Å². The van der Waals surface area contributed by atoms with E-state index in [9.17, 15) is 4.79 Å². The molecule has 0 bridgehead atoms. The first-order chi connectivity index (χ1) is 7.24. The average Bonchev–Trinajstić information content (AvgIpc) is 2.25. The molecule has 0 heterocycles. The number of rotatable bonds is 6. The highest BCUT2D eigenvalue weighted by Crippen LogP contribution is 2.27. The Morgan fingerprint density at radius 2 is 2.07 bits per heavy atom. The summed E-state index contributed by atoms with van der Waals surface area (Å²) in [6.07, 6.45) is 8.46. The normalized spacial score (nSPS) is 20.1. The van der Waals surface area contributed by atoms with Crippen LogP contribution in [-0.4, -0.2) is 18.5 Å². The lowest BCUT2D eigenvalue weighted by Crippen LogP contribution is -2.38. The fourth-order valence-corrected chi connectivity index (χ4v) is 2.56. The third-order valence-corrected chi connectivity index (χ3v) is 3.44. The summed E-state index contributed by atoms with van der Waals surface area (Å²) in [5.74, 6) is 0.609. The Hall–Kier alpha value is -0.570. The Labute approximate surface area is 92.8 Å². The molecular formula is C12H24N2O. The second-order valence-corrected chi connectivity index (χ2v) is 4.58. The van der Waals surface area contributed by atoms with Crippen molar-refractivity contribution in [3.8, 4) is 0 Å². The first-order valence-corrected chi connectivity index (χ1v) is 6.25. The molecule has 1 saturated carbocycles. The monoisotopic (exact) mass is 212 g/mol. The Balaban J connectivity index is 2.24. The van der Waals surface area contributed by atoms with Gasteiger partial charge < -0.3 is 11.1 Å². The number of hydrogen-bond donors (Lipinski definition) is 2. The van der Waals surface area contributed by atoms with E-state index in [2.05, 4.69) is 12.2 Å². The molecule has 1 aliphatic rings. The molecule has 1 aliphatic carbocycles. The van der Waals surface area contributed by atoms with E-state index in [1.807, 2.05) is 0 Å². The number of hydrogen-bond acceptors (Lipinski definition) is 2. The van der Waals surface area contributed by atoms with Crippen LogP contribution in [0.4, 0.5) is 0 Å². The smallest absolute Gasteiger partial charge is 0.218 e. The van der Waals surface area contributed by atoms with Crippen LogP contribution in [0, 0.1) is 5.92 Å². The number of carbonyl (C=O) groups is 1. The van der Waals surface area contributed by atoms with Crippen LogP contribution in [0.5, 0.6) is 0 Å². The second kappa shape index (κ2) is 6.83. The molecule has 0 aromatic heterocycles. The number of amides is 1. The summed E-state index contributed by atoms with van der Waals surface area (Å²) in [5.41, 5.74) is 5.12. The van der Waals surface area contributed by atoms with Gasteiger partial charge in [0.05, 0.1) is 0 Å². The molecular weight excluding hydrogens is 188 g/mol. The standard InChI is InChI=1S/C12H24N2O/c1-2-11(14-9-8-12(13)15)10-6-4-3-5-7-10/h10-11,14H,2-9H2,1H3,(H2,13,15). The maximum absolute atomic E-state index is 10.6. The summed E-state index contributed by atoms with van der Waals surface area (Å²) in [5, 5.41) is 3.47. The lowest BCUT2D eigenvalue weighted by atomic mass is 9.83. The molecule has 1 rings (SSSR count). The van der Waals surface area contributed by atoms with Gasteiger partial charge in [0.15, 0.2) is 0 Å².